The molecule has 2 N–H and O–H groups in total. The zero-order valence-corrected chi connectivity index (χ0v) is 23.0. The lowest BCUT2D eigenvalue weighted by atomic mass is 10.1. The molecule has 2 aromatic carbocycles. The minimum Gasteiger partial charge on any atom is -0.424 e. The predicted molar refractivity (Wildman–Crippen MR) is 149 cm³/mol. The van der Waals surface area contributed by atoms with Gasteiger partial charge in [0, 0.05) is 35.7 Å². The van der Waals surface area contributed by atoms with Crippen molar-refractivity contribution in [3.63, 3.8) is 0 Å². The molecule has 0 aliphatic rings. The van der Waals surface area contributed by atoms with Gasteiger partial charge in [-0.05, 0) is 48.0 Å². The van der Waals surface area contributed by atoms with Gasteiger partial charge < -0.3 is 10.1 Å². The zero-order chi connectivity index (χ0) is 28.9. The quantitative estimate of drug-likeness (QED) is 0.286. The first-order valence-electron chi connectivity index (χ1n) is 11.9. The highest BCUT2D eigenvalue weighted by Crippen LogP contribution is 2.22. The summed E-state index contributed by atoms with van der Waals surface area (Å²) in [7, 11) is -3.80. The molecule has 1 amide bonds. The molecule has 0 saturated heterocycles. The van der Waals surface area contributed by atoms with Crippen molar-refractivity contribution in [1.82, 2.24) is 23.8 Å². The van der Waals surface area contributed by atoms with Gasteiger partial charge in [-0.2, -0.15) is 0 Å². The number of anilines is 2. The third kappa shape index (κ3) is 7.55. The van der Waals surface area contributed by atoms with E-state index in [0.29, 0.717) is 16.5 Å². The summed E-state index contributed by atoms with van der Waals surface area (Å²) in [6, 6.07) is 16.7. The first-order valence-corrected chi connectivity index (χ1v) is 14.2. The van der Waals surface area contributed by atoms with Gasteiger partial charge in [-0.25, -0.2) is 23.2 Å². The van der Waals surface area contributed by atoms with E-state index in [4.69, 9.17) is 16.3 Å². The van der Waals surface area contributed by atoms with Crippen molar-refractivity contribution in [2.75, 3.05) is 11.6 Å². The fraction of sp³-hybridized carbons (Fsp3) is 0.192. The van der Waals surface area contributed by atoms with Gasteiger partial charge in [-0.3, -0.25) is 23.4 Å². The summed E-state index contributed by atoms with van der Waals surface area (Å²) in [5, 5.41) is 3.61. The van der Waals surface area contributed by atoms with Gasteiger partial charge >= 0.3 is 11.7 Å². The van der Waals surface area contributed by atoms with Crippen LogP contribution < -0.4 is 26.0 Å². The third-order valence-electron chi connectivity index (χ3n) is 5.60. The molecular weight excluding hydrogens is 560 g/mol. The number of rotatable bonds is 10. The number of carbonyl (C=O) groups is 1. The number of sulfonamides is 1. The zero-order valence-electron chi connectivity index (χ0n) is 21.4. The number of carbonyl (C=O) groups excluding carboxylic acids is 1. The number of benzene rings is 2. The number of nitrogens with zero attached hydrogens (tertiary/aromatic N) is 4. The molecule has 0 spiro atoms. The van der Waals surface area contributed by atoms with Crippen LogP contribution in [-0.4, -0.2) is 39.7 Å². The van der Waals surface area contributed by atoms with Crippen molar-refractivity contribution < 1.29 is 17.9 Å². The fourth-order valence-corrected chi connectivity index (χ4v) is 4.34. The topological polar surface area (TPSA) is 154 Å². The summed E-state index contributed by atoms with van der Waals surface area (Å²) in [5.74, 6) is -1.13. The average Bonchev–Trinajstić information content (AvgIpc) is 2.90. The van der Waals surface area contributed by atoms with E-state index in [0.717, 1.165) is 16.4 Å². The predicted octanol–water partition coefficient (Wildman–Crippen LogP) is 2.75. The standard InChI is InChI=1S/C26H25ClN6O6S/c1-17(24(35)31-40(2,37)38)15-33-23(34)14-22(32(26(33)36)16-18-4-6-19(27)7-5-18)30-20-8-10-21(11-9-20)39-25-28-12-3-13-29-25/h3-14,17,30H,15-16H2,1-2H3,(H,31,35)/t17-/m0/s1. The SMILES string of the molecule is C[C@@H](Cn1c(=O)cc(Nc2ccc(Oc3ncccn3)cc2)n(Cc2ccc(Cl)cc2)c1=O)C(=O)NS(C)(=O)=O. The number of aromatic nitrogens is 4. The molecule has 4 aromatic rings. The van der Waals surface area contributed by atoms with Gasteiger partial charge in [-0.15, -0.1) is 0 Å². The minimum atomic E-state index is -3.80. The van der Waals surface area contributed by atoms with Crippen LogP contribution in [0.2, 0.25) is 5.02 Å². The van der Waals surface area contributed by atoms with Gasteiger partial charge in [0.15, 0.2) is 0 Å². The molecule has 0 aliphatic heterocycles. The van der Waals surface area contributed by atoms with E-state index in [1.54, 1.807) is 67.0 Å². The van der Waals surface area contributed by atoms with E-state index in [9.17, 15) is 22.8 Å². The largest absolute Gasteiger partial charge is 0.424 e. The Bertz CT molecular complexity index is 1720. The number of amides is 1. The summed E-state index contributed by atoms with van der Waals surface area (Å²) in [4.78, 5) is 46.9. The Hall–Kier alpha value is -4.49. The molecule has 0 fully saturated rings. The molecule has 0 radical (unpaired) electrons. The molecule has 0 bridgehead atoms. The minimum absolute atomic E-state index is 0.0784. The van der Waals surface area contributed by atoms with Crippen LogP contribution in [0.15, 0.2) is 82.6 Å². The highest BCUT2D eigenvalue weighted by Gasteiger charge is 2.21. The lowest BCUT2D eigenvalue weighted by Crippen LogP contribution is -2.44. The first-order chi connectivity index (χ1) is 19.0. The molecule has 0 saturated carbocycles. The van der Waals surface area contributed by atoms with Gasteiger partial charge in [0.1, 0.15) is 11.6 Å². The van der Waals surface area contributed by atoms with E-state index in [1.165, 1.54) is 17.6 Å². The van der Waals surface area contributed by atoms with Crippen LogP contribution in [0.4, 0.5) is 11.5 Å². The molecule has 2 aromatic heterocycles. The van der Waals surface area contributed by atoms with Crippen molar-refractivity contribution in [2.45, 2.75) is 20.0 Å². The van der Waals surface area contributed by atoms with Crippen LogP contribution in [0.25, 0.3) is 0 Å². The molecule has 2 heterocycles. The highest BCUT2D eigenvalue weighted by molar-refractivity contribution is 7.89. The van der Waals surface area contributed by atoms with Crippen LogP contribution in [0, 0.1) is 5.92 Å². The summed E-state index contributed by atoms with van der Waals surface area (Å²) in [5.41, 5.74) is -0.0666. The van der Waals surface area contributed by atoms with Crippen LogP contribution in [0.1, 0.15) is 12.5 Å². The molecule has 1 atom stereocenters. The number of nitrogens with one attached hydrogen (secondary N) is 2. The Morgan fingerprint density at radius 3 is 2.30 bits per heavy atom. The monoisotopic (exact) mass is 584 g/mol. The Kier molecular flexibility index (Phi) is 8.65. The van der Waals surface area contributed by atoms with Gasteiger partial charge in [0.05, 0.1) is 18.7 Å². The Morgan fingerprint density at radius 1 is 1.02 bits per heavy atom. The van der Waals surface area contributed by atoms with Crippen LogP contribution >= 0.6 is 11.6 Å². The molecule has 0 aliphatic carbocycles. The average molecular weight is 585 g/mol. The summed E-state index contributed by atoms with van der Waals surface area (Å²) < 4.78 is 32.6. The van der Waals surface area contributed by atoms with E-state index in [2.05, 4.69) is 15.3 Å². The number of halogens is 1. The summed E-state index contributed by atoms with van der Waals surface area (Å²) in [6.07, 6.45) is 3.95. The number of hydrogen-bond acceptors (Lipinski definition) is 9. The summed E-state index contributed by atoms with van der Waals surface area (Å²) >= 11 is 6.00. The van der Waals surface area contributed by atoms with Crippen molar-refractivity contribution in [2.24, 2.45) is 5.92 Å². The van der Waals surface area contributed by atoms with Gasteiger partial charge in [0.2, 0.25) is 15.9 Å². The molecule has 0 unspecified atom stereocenters. The second kappa shape index (κ2) is 12.1. The fourth-order valence-electron chi connectivity index (χ4n) is 3.65. The highest BCUT2D eigenvalue weighted by atomic mass is 35.5. The Labute approximate surface area is 234 Å². The van der Waals surface area contributed by atoms with E-state index in [1.807, 2.05) is 4.72 Å². The van der Waals surface area contributed by atoms with Crippen LogP contribution in [-0.2, 0) is 27.9 Å². The molecular formula is C26H25ClN6O6S. The smallest absolute Gasteiger partial charge is 0.332 e. The molecule has 40 heavy (non-hydrogen) atoms. The Balaban J connectivity index is 1.65. The van der Waals surface area contributed by atoms with Crippen molar-refractivity contribution >= 4 is 39.0 Å². The van der Waals surface area contributed by atoms with Crippen molar-refractivity contribution in [3.05, 3.63) is 104 Å². The van der Waals surface area contributed by atoms with E-state index in [-0.39, 0.29) is 24.9 Å². The first kappa shape index (κ1) is 28.5. The number of hydrogen-bond donors (Lipinski definition) is 2. The molecule has 4 rings (SSSR count). The van der Waals surface area contributed by atoms with Gasteiger partial charge in [0.25, 0.3) is 5.56 Å². The second-order valence-electron chi connectivity index (χ2n) is 8.90. The van der Waals surface area contributed by atoms with Crippen LogP contribution in [0.5, 0.6) is 11.8 Å². The lowest BCUT2D eigenvalue weighted by Gasteiger charge is -2.18. The maximum Gasteiger partial charge on any atom is 0.332 e. The second-order valence-corrected chi connectivity index (χ2v) is 11.1. The van der Waals surface area contributed by atoms with Crippen molar-refractivity contribution in [3.8, 4) is 11.8 Å². The summed E-state index contributed by atoms with van der Waals surface area (Å²) in [6.45, 7) is 1.18. The van der Waals surface area contributed by atoms with Crippen molar-refractivity contribution in [1.29, 1.82) is 0 Å². The normalized spacial score (nSPS) is 12.0. The maximum atomic E-state index is 13.5. The van der Waals surface area contributed by atoms with E-state index >= 15 is 0 Å². The molecule has 208 valence electrons. The van der Waals surface area contributed by atoms with E-state index < -0.39 is 33.1 Å². The lowest BCUT2D eigenvalue weighted by molar-refractivity contribution is -0.123. The third-order valence-corrected chi connectivity index (χ3v) is 6.42. The Morgan fingerprint density at radius 2 is 1.68 bits per heavy atom. The molecule has 14 heteroatoms. The maximum absolute atomic E-state index is 13.5. The molecule has 12 nitrogen and oxygen atoms in total. The van der Waals surface area contributed by atoms with Gasteiger partial charge in [-0.1, -0.05) is 30.7 Å². The van der Waals surface area contributed by atoms with Crippen LogP contribution in [0.3, 0.4) is 0 Å². The number of ether oxygens (including phenoxy) is 1.